The van der Waals surface area contributed by atoms with Crippen molar-refractivity contribution in [3.8, 4) is 16.9 Å². The Morgan fingerprint density at radius 2 is 1.64 bits per heavy atom. The van der Waals surface area contributed by atoms with Gasteiger partial charge in [-0.05, 0) is 31.0 Å². The number of amides is 2. The molecule has 172 valence electrons. The van der Waals surface area contributed by atoms with E-state index in [0.717, 1.165) is 31.2 Å². The van der Waals surface area contributed by atoms with E-state index in [0.29, 0.717) is 27.2 Å². The topological polar surface area (TPSA) is 76.0 Å². The lowest BCUT2D eigenvalue weighted by atomic mass is 9.95. The highest BCUT2D eigenvalue weighted by atomic mass is 35.5. The summed E-state index contributed by atoms with van der Waals surface area (Å²) in [6.45, 7) is 0. The molecule has 8 heteroatoms. The van der Waals surface area contributed by atoms with Crippen LogP contribution in [0.2, 0.25) is 10.0 Å². The molecule has 3 aromatic rings. The monoisotopic (exact) mass is 484 g/mol. The lowest BCUT2D eigenvalue weighted by Crippen LogP contribution is -2.36. The first-order chi connectivity index (χ1) is 16.0. The number of carbonyl (C=O) groups is 2. The summed E-state index contributed by atoms with van der Waals surface area (Å²) >= 11 is 12.3. The van der Waals surface area contributed by atoms with Crippen LogP contribution in [0.15, 0.2) is 54.6 Å². The van der Waals surface area contributed by atoms with E-state index in [4.69, 9.17) is 23.2 Å². The maximum atomic E-state index is 12.7. The van der Waals surface area contributed by atoms with Crippen LogP contribution in [0.4, 0.5) is 5.82 Å². The Hall–Kier alpha value is -2.83. The molecule has 0 saturated heterocycles. The summed E-state index contributed by atoms with van der Waals surface area (Å²) in [5.74, 6) is 0.152. The average Bonchev–Trinajstić information content (AvgIpc) is 3.24. The number of aromatic nitrogens is 2. The molecule has 4 rings (SSSR count). The van der Waals surface area contributed by atoms with Gasteiger partial charge in [-0.25, -0.2) is 4.68 Å². The fourth-order valence-corrected chi connectivity index (χ4v) is 4.31. The lowest BCUT2D eigenvalue weighted by Gasteiger charge is -2.22. The number of hydrogen-bond acceptors (Lipinski definition) is 3. The molecule has 1 saturated carbocycles. The maximum Gasteiger partial charge on any atom is 0.226 e. The molecular weight excluding hydrogens is 459 g/mol. The molecule has 0 atom stereocenters. The van der Waals surface area contributed by atoms with Crippen molar-refractivity contribution in [3.63, 3.8) is 0 Å². The third-order valence-electron chi connectivity index (χ3n) is 5.74. The number of rotatable bonds is 7. The number of nitrogens with zero attached hydrogens (tertiary/aromatic N) is 2. The van der Waals surface area contributed by atoms with E-state index >= 15 is 0 Å². The molecule has 33 heavy (non-hydrogen) atoms. The van der Waals surface area contributed by atoms with Gasteiger partial charge in [0.1, 0.15) is 5.82 Å². The Kier molecular flexibility index (Phi) is 7.68. The van der Waals surface area contributed by atoms with Crippen LogP contribution in [-0.2, 0) is 9.59 Å². The zero-order valence-corrected chi connectivity index (χ0v) is 19.7. The first kappa shape index (κ1) is 23.3. The Labute approximate surface area is 203 Å². The fraction of sp³-hybridized carbons (Fsp3) is 0.320. The minimum absolute atomic E-state index is 0.0833. The molecule has 2 aromatic carbocycles. The Balaban J connectivity index is 1.48. The molecule has 0 spiro atoms. The van der Waals surface area contributed by atoms with E-state index in [-0.39, 0.29) is 30.7 Å². The summed E-state index contributed by atoms with van der Waals surface area (Å²) in [5.41, 5.74) is 2.28. The smallest absolute Gasteiger partial charge is 0.226 e. The van der Waals surface area contributed by atoms with Gasteiger partial charge in [0.15, 0.2) is 0 Å². The lowest BCUT2D eigenvalue weighted by molar-refractivity contribution is -0.125. The normalized spacial score (nSPS) is 14.1. The SMILES string of the molecule is O=C(CCC(=O)NC1CCCCC1)Nc1cc(-c2ccccc2)nn1-c1ccc(Cl)c(Cl)c1. The molecule has 1 fully saturated rings. The van der Waals surface area contributed by atoms with Gasteiger partial charge in [-0.15, -0.1) is 0 Å². The number of halogens is 2. The van der Waals surface area contributed by atoms with Crippen molar-refractivity contribution >= 4 is 40.8 Å². The molecule has 1 aliphatic carbocycles. The van der Waals surface area contributed by atoms with E-state index in [1.54, 1.807) is 28.9 Å². The molecule has 0 unspecified atom stereocenters. The third-order valence-corrected chi connectivity index (χ3v) is 6.48. The van der Waals surface area contributed by atoms with Crippen LogP contribution in [0.1, 0.15) is 44.9 Å². The van der Waals surface area contributed by atoms with Crippen molar-refractivity contribution in [1.82, 2.24) is 15.1 Å². The van der Waals surface area contributed by atoms with Crippen LogP contribution in [0.5, 0.6) is 0 Å². The molecule has 0 bridgehead atoms. The second kappa shape index (κ2) is 10.9. The number of carbonyl (C=O) groups excluding carboxylic acids is 2. The minimum Gasteiger partial charge on any atom is -0.353 e. The average molecular weight is 485 g/mol. The van der Waals surface area contributed by atoms with Gasteiger partial charge in [0, 0.05) is 30.5 Å². The van der Waals surface area contributed by atoms with E-state index in [9.17, 15) is 9.59 Å². The number of hydrogen-bond donors (Lipinski definition) is 2. The van der Waals surface area contributed by atoms with Crippen LogP contribution >= 0.6 is 23.2 Å². The molecule has 2 N–H and O–H groups in total. The van der Waals surface area contributed by atoms with Crippen LogP contribution < -0.4 is 10.6 Å². The third kappa shape index (κ3) is 6.15. The van der Waals surface area contributed by atoms with E-state index in [2.05, 4.69) is 15.7 Å². The van der Waals surface area contributed by atoms with Crippen molar-refractivity contribution in [2.45, 2.75) is 51.0 Å². The Morgan fingerprint density at radius 1 is 0.909 bits per heavy atom. The fourth-order valence-electron chi connectivity index (χ4n) is 4.01. The Morgan fingerprint density at radius 3 is 2.36 bits per heavy atom. The zero-order valence-electron chi connectivity index (χ0n) is 18.2. The standard InChI is InChI=1S/C25H26Cl2N4O2/c26-20-12-11-19(15-21(20)27)31-23(16-22(30-31)17-7-3-1-4-8-17)29-25(33)14-13-24(32)28-18-9-5-2-6-10-18/h1,3-4,7-8,11-12,15-16,18H,2,5-6,9-10,13-14H2,(H,28,32)(H,29,33). The molecule has 1 aliphatic rings. The second-order valence-electron chi connectivity index (χ2n) is 8.24. The van der Waals surface area contributed by atoms with E-state index in [1.165, 1.54) is 6.42 Å². The first-order valence-electron chi connectivity index (χ1n) is 11.2. The van der Waals surface area contributed by atoms with Crippen molar-refractivity contribution in [3.05, 3.63) is 64.6 Å². The highest BCUT2D eigenvalue weighted by Gasteiger charge is 2.18. The highest BCUT2D eigenvalue weighted by molar-refractivity contribution is 6.42. The van der Waals surface area contributed by atoms with Gasteiger partial charge >= 0.3 is 0 Å². The molecule has 2 amide bonds. The van der Waals surface area contributed by atoms with E-state index < -0.39 is 0 Å². The molecule has 0 aliphatic heterocycles. The largest absolute Gasteiger partial charge is 0.353 e. The first-order valence-corrected chi connectivity index (χ1v) is 12.0. The molecule has 1 heterocycles. The Bertz CT molecular complexity index is 1120. The molecule has 0 radical (unpaired) electrons. The van der Waals surface area contributed by atoms with Crippen LogP contribution in [0.25, 0.3) is 16.9 Å². The molecular formula is C25H26Cl2N4O2. The predicted molar refractivity (Wildman–Crippen MR) is 132 cm³/mol. The maximum absolute atomic E-state index is 12.7. The summed E-state index contributed by atoms with van der Waals surface area (Å²) in [6, 6.07) is 16.9. The summed E-state index contributed by atoms with van der Waals surface area (Å²) < 4.78 is 1.62. The second-order valence-corrected chi connectivity index (χ2v) is 9.06. The predicted octanol–water partition coefficient (Wildman–Crippen LogP) is 6.01. The van der Waals surface area contributed by atoms with Gasteiger partial charge in [0.05, 0.1) is 21.4 Å². The van der Waals surface area contributed by atoms with Crippen LogP contribution in [0, 0.1) is 0 Å². The summed E-state index contributed by atoms with van der Waals surface area (Å²) in [6.07, 6.45) is 5.79. The van der Waals surface area contributed by atoms with E-state index in [1.807, 2.05) is 30.3 Å². The number of nitrogens with one attached hydrogen (secondary N) is 2. The highest BCUT2D eigenvalue weighted by Crippen LogP contribution is 2.29. The van der Waals surface area contributed by atoms with Crippen LogP contribution in [-0.4, -0.2) is 27.6 Å². The molecule has 6 nitrogen and oxygen atoms in total. The summed E-state index contributed by atoms with van der Waals surface area (Å²) in [7, 11) is 0. The van der Waals surface area contributed by atoms with Crippen molar-refractivity contribution in [1.29, 1.82) is 0 Å². The van der Waals surface area contributed by atoms with Crippen molar-refractivity contribution < 1.29 is 9.59 Å². The quantitative estimate of drug-likeness (QED) is 0.430. The van der Waals surface area contributed by atoms with Gasteiger partial charge in [0.25, 0.3) is 0 Å². The van der Waals surface area contributed by atoms with Gasteiger partial charge in [-0.1, -0.05) is 72.8 Å². The zero-order chi connectivity index (χ0) is 23.2. The number of benzene rings is 2. The van der Waals surface area contributed by atoms with Crippen molar-refractivity contribution in [2.24, 2.45) is 0 Å². The summed E-state index contributed by atoms with van der Waals surface area (Å²) in [4.78, 5) is 25.0. The van der Waals surface area contributed by atoms with Gasteiger partial charge in [0.2, 0.25) is 11.8 Å². The molecule has 1 aromatic heterocycles. The van der Waals surface area contributed by atoms with Gasteiger partial charge in [-0.3, -0.25) is 9.59 Å². The van der Waals surface area contributed by atoms with Crippen LogP contribution in [0.3, 0.4) is 0 Å². The summed E-state index contributed by atoms with van der Waals surface area (Å²) in [5, 5.41) is 11.4. The van der Waals surface area contributed by atoms with Crippen molar-refractivity contribution in [2.75, 3.05) is 5.32 Å². The van der Waals surface area contributed by atoms with Gasteiger partial charge < -0.3 is 10.6 Å². The van der Waals surface area contributed by atoms with Gasteiger partial charge in [-0.2, -0.15) is 5.10 Å². The number of anilines is 1. The minimum atomic E-state index is -0.255.